The number of nitrogens with zero attached hydrogens (tertiary/aromatic N) is 3. The highest BCUT2D eigenvalue weighted by atomic mass is 16.6. The number of carbonyl (C=O) groups excluding carboxylic acids is 2. The first-order valence-corrected chi connectivity index (χ1v) is 10.9. The van der Waals surface area contributed by atoms with E-state index in [2.05, 4.69) is 4.98 Å². The fraction of sp³-hybridized carbons (Fsp3) is 0.333. The number of para-hydroxylation sites is 1. The fourth-order valence-electron chi connectivity index (χ4n) is 4.40. The third-order valence-corrected chi connectivity index (χ3v) is 6.00. The summed E-state index contributed by atoms with van der Waals surface area (Å²) in [6.45, 7) is 3.78. The Balaban J connectivity index is 1.50. The van der Waals surface area contributed by atoms with Gasteiger partial charge < -0.3 is 14.8 Å². The number of rotatable bonds is 6. The molecule has 1 aromatic heterocycles. The molecule has 2 aromatic carbocycles. The Bertz CT molecular complexity index is 1130. The predicted molar refractivity (Wildman–Crippen MR) is 122 cm³/mol. The quantitative estimate of drug-likeness (QED) is 0.463. The lowest BCUT2D eigenvalue weighted by atomic mass is 10.0. The van der Waals surface area contributed by atoms with E-state index in [1.54, 1.807) is 18.2 Å². The van der Waals surface area contributed by atoms with Gasteiger partial charge in [0.15, 0.2) is 0 Å². The van der Waals surface area contributed by atoms with Crippen molar-refractivity contribution in [3.05, 3.63) is 76.0 Å². The van der Waals surface area contributed by atoms with Crippen LogP contribution in [0, 0.1) is 10.1 Å². The van der Waals surface area contributed by atoms with Crippen LogP contribution in [0.4, 0.5) is 5.69 Å². The second-order valence-electron chi connectivity index (χ2n) is 8.07. The zero-order chi connectivity index (χ0) is 22.7. The smallest absolute Gasteiger partial charge is 0.293 e. The number of H-pyrrole nitrogens is 1. The molecule has 32 heavy (non-hydrogen) atoms. The van der Waals surface area contributed by atoms with Gasteiger partial charge in [-0.15, -0.1) is 0 Å². The van der Waals surface area contributed by atoms with Crippen molar-refractivity contribution in [2.45, 2.75) is 32.2 Å². The molecule has 1 aliphatic heterocycles. The molecule has 2 heterocycles. The number of aromatic nitrogens is 1. The summed E-state index contributed by atoms with van der Waals surface area (Å²) in [6.07, 6.45) is 2.20. The predicted octanol–water partition coefficient (Wildman–Crippen LogP) is 4.23. The van der Waals surface area contributed by atoms with Gasteiger partial charge in [0.05, 0.1) is 4.92 Å². The minimum atomic E-state index is -0.448. The van der Waals surface area contributed by atoms with Gasteiger partial charge in [-0.2, -0.15) is 0 Å². The van der Waals surface area contributed by atoms with E-state index in [9.17, 15) is 19.7 Å². The molecule has 0 saturated carbocycles. The molecule has 3 aromatic rings. The molecule has 8 heteroatoms. The van der Waals surface area contributed by atoms with E-state index in [-0.39, 0.29) is 23.5 Å². The second kappa shape index (κ2) is 9.21. The molecular formula is C24H26N4O4. The van der Waals surface area contributed by atoms with E-state index in [4.69, 9.17) is 0 Å². The number of nitro benzene ring substituents is 1. The molecule has 8 nitrogen and oxygen atoms in total. The first-order chi connectivity index (χ1) is 15.5. The maximum atomic E-state index is 13.4. The molecule has 1 aliphatic rings. The Morgan fingerprint density at radius 3 is 2.50 bits per heavy atom. The minimum absolute atomic E-state index is 0.0142. The lowest BCUT2D eigenvalue weighted by Gasteiger charge is -2.38. The number of hydrogen-bond acceptors (Lipinski definition) is 4. The number of amides is 2. The molecule has 2 amide bonds. The summed E-state index contributed by atoms with van der Waals surface area (Å²) in [5, 5.41) is 12.0. The van der Waals surface area contributed by atoms with Crippen molar-refractivity contribution < 1.29 is 14.5 Å². The number of non-ortho nitro benzene ring substituents is 1. The molecule has 0 radical (unpaired) electrons. The Hall–Kier alpha value is -3.68. The van der Waals surface area contributed by atoms with Gasteiger partial charge in [-0.1, -0.05) is 37.3 Å². The molecule has 0 aliphatic carbocycles. The van der Waals surface area contributed by atoms with Crippen LogP contribution in [0.25, 0.3) is 10.9 Å². The van der Waals surface area contributed by atoms with Gasteiger partial charge in [0.25, 0.3) is 17.5 Å². The van der Waals surface area contributed by atoms with Crippen LogP contribution in [0.15, 0.2) is 54.6 Å². The molecule has 0 unspecified atom stereocenters. The third kappa shape index (κ3) is 4.21. The fourth-order valence-corrected chi connectivity index (χ4v) is 4.40. The highest BCUT2D eigenvalue weighted by Gasteiger charge is 2.31. The number of hydrogen-bond donors (Lipinski definition) is 1. The number of benzene rings is 2. The third-order valence-electron chi connectivity index (χ3n) is 6.00. The van der Waals surface area contributed by atoms with Gasteiger partial charge in [0, 0.05) is 42.7 Å². The van der Waals surface area contributed by atoms with E-state index >= 15 is 0 Å². The van der Waals surface area contributed by atoms with E-state index in [0.717, 1.165) is 6.42 Å². The highest BCUT2D eigenvalue weighted by molar-refractivity contribution is 6.00. The Labute approximate surface area is 186 Å². The Morgan fingerprint density at radius 2 is 1.84 bits per heavy atom. The summed E-state index contributed by atoms with van der Waals surface area (Å²) in [5.74, 6) is -0.148. The molecule has 0 spiro atoms. The number of piperidine rings is 1. The van der Waals surface area contributed by atoms with E-state index < -0.39 is 4.92 Å². The van der Waals surface area contributed by atoms with Crippen molar-refractivity contribution in [3.8, 4) is 0 Å². The van der Waals surface area contributed by atoms with Crippen LogP contribution >= 0.6 is 0 Å². The standard InChI is InChI=1S/C24H26N4O4/c1-2-13-27(19-11-14-26(15-12-19)23(29)17-7-4-3-5-8-17)24(30)20-16-18-9-6-10-21(28(31)32)22(18)25-20/h3-10,16,19,25H,2,11-15H2,1H3. The Kier molecular flexibility index (Phi) is 6.20. The maximum Gasteiger partial charge on any atom is 0.293 e. The lowest BCUT2D eigenvalue weighted by Crippen LogP contribution is -2.49. The summed E-state index contributed by atoms with van der Waals surface area (Å²) in [5.41, 5.74) is 1.34. The summed E-state index contributed by atoms with van der Waals surface area (Å²) >= 11 is 0. The van der Waals surface area contributed by atoms with E-state index in [1.807, 2.05) is 47.1 Å². The average molecular weight is 434 g/mol. The number of carbonyl (C=O) groups is 2. The van der Waals surface area contributed by atoms with E-state index in [1.165, 1.54) is 6.07 Å². The molecule has 1 fully saturated rings. The van der Waals surface area contributed by atoms with Gasteiger partial charge in [-0.05, 0) is 37.5 Å². The van der Waals surface area contributed by atoms with Crippen molar-refractivity contribution >= 4 is 28.4 Å². The van der Waals surface area contributed by atoms with Gasteiger partial charge >= 0.3 is 0 Å². The van der Waals surface area contributed by atoms with Crippen LogP contribution in [0.5, 0.6) is 0 Å². The van der Waals surface area contributed by atoms with Gasteiger partial charge in [0.1, 0.15) is 11.2 Å². The van der Waals surface area contributed by atoms with Crippen LogP contribution in [-0.2, 0) is 0 Å². The van der Waals surface area contributed by atoms with Crippen LogP contribution in [-0.4, -0.2) is 57.2 Å². The highest BCUT2D eigenvalue weighted by Crippen LogP contribution is 2.27. The largest absolute Gasteiger partial charge is 0.345 e. The van der Waals surface area contributed by atoms with Crippen LogP contribution in [0.3, 0.4) is 0 Å². The molecule has 1 N–H and O–H groups in total. The summed E-state index contributed by atoms with van der Waals surface area (Å²) in [4.78, 5) is 43.6. The maximum absolute atomic E-state index is 13.4. The van der Waals surface area contributed by atoms with E-state index in [0.29, 0.717) is 54.6 Å². The number of aromatic amines is 1. The summed E-state index contributed by atoms with van der Waals surface area (Å²) in [7, 11) is 0. The van der Waals surface area contributed by atoms with Crippen molar-refractivity contribution in [1.82, 2.24) is 14.8 Å². The number of nitro groups is 1. The molecule has 1 saturated heterocycles. The molecule has 0 bridgehead atoms. The van der Waals surface area contributed by atoms with Crippen LogP contribution in [0.1, 0.15) is 47.0 Å². The average Bonchev–Trinajstić information content (AvgIpc) is 3.27. The zero-order valence-electron chi connectivity index (χ0n) is 18.0. The normalized spacial score (nSPS) is 14.5. The van der Waals surface area contributed by atoms with Crippen molar-refractivity contribution in [2.24, 2.45) is 0 Å². The first kappa shape index (κ1) is 21.5. The van der Waals surface area contributed by atoms with Crippen LogP contribution in [0.2, 0.25) is 0 Å². The Morgan fingerprint density at radius 1 is 1.12 bits per heavy atom. The summed E-state index contributed by atoms with van der Waals surface area (Å²) < 4.78 is 0. The van der Waals surface area contributed by atoms with Crippen molar-refractivity contribution in [1.29, 1.82) is 0 Å². The second-order valence-corrected chi connectivity index (χ2v) is 8.07. The lowest BCUT2D eigenvalue weighted by molar-refractivity contribution is -0.383. The monoisotopic (exact) mass is 434 g/mol. The molecule has 4 rings (SSSR count). The van der Waals surface area contributed by atoms with Crippen molar-refractivity contribution in [2.75, 3.05) is 19.6 Å². The van der Waals surface area contributed by atoms with Crippen molar-refractivity contribution in [3.63, 3.8) is 0 Å². The minimum Gasteiger partial charge on any atom is -0.345 e. The molecular weight excluding hydrogens is 408 g/mol. The van der Waals surface area contributed by atoms with Gasteiger partial charge in [0.2, 0.25) is 0 Å². The van der Waals surface area contributed by atoms with Gasteiger partial charge in [-0.3, -0.25) is 19.7 Å². The van der Waals surface area contributed by atoms with Crippen LogP contribution < -0.4 is 0 Å². The number of likely N-dealkylation sites (tertiary alicyclic amines) is 1. The molecule has 0 atom stereocenters. The molecule has 166 valence electrons. The zero-order valence-corrected chi connectivity index (χ0v) is 18.0. The van der Waals surface area contributed by atoms with Gasteiger partial charge in [-0.25, -0.2) is 0 Å². The number of fused-ring (bicyclic) bond motifs is 1. The first-order valence-electron chi connectivity index (χ1n) is 10.9. The SMILES string of the molecule is CCCN(C(=O)c1cc2cccc([N+](=O)[O-])c2[nH]1)C1CCN(C(=O)c2ccccc2)CC1. The number of nitrogens with one attached hydrogen (secondary N) is 1. The summed E-state index contributed by atoms with van der Waals surface area (Å²) in [6, 6.07) is 15.7. The topological polar surface area (TPSA) is 99.6 Å².